The summed E-state index contributed by atoms with van der Waals surface area (Å²) < 4.78 is 63.5. The smallest absolute Gasteiger partial charge is 0.306 e. The number of alkyl halides is 3. The molecule has 0 saturated heterocycles. The van der Waals surface area contributed by atoms with Gasteiger partial charge in [-0.2, -0.15) is 13.2 Å². The number of sulfonamides is 1. The minimum Gasteiger partial charge on any atom is -0.306 e. The van der Waals surface area contributed by atoms with E-state index >= 15 is 0 Å². The molecule has 0 fully saturated rings. The van der Waals surface area contributed by atoms with Crippen LogP contribution < -0.4 is 5.32 Å². The third-order valence-electron chi connectivity index (χ3n) is 4.03. The van der Waals surface area contributed by atoms with Crippen LogP contribution in [0, 0.1) is 0 Å². The molecule has 142 valence electrons. The SMILES string of the molecule is CC(NCc1cccc(C(F)(F)F)c1)c1ccc(S(=O)(=O)N(C)C)cc1. The van der Waals surface area contributed by atoms with Crippen molar-refractivity contribution in [2.45, 2.75) is 30.6 Å². The van der Waals surface area contributed by atoms with E-state index in [0.29, 0.717) is 5.56 Å². The second-order valence-corrected chi connectivity index (χ2v) is 8.31. The van der Waals surface area contributed by atoms with Crippen molar-refractivity contribution >= 4 is 10.0 Å². The summed E-state index contributed by atoms with van der Waals surface area (Å²) in [7, 11) is -0.565. The quantitative estimate of drug-likeness (QED) is 0.821. The molecule has 0 saturated carbocycles. The van der Waals surface area contributed by atoms with Crippen LogP contribution in [-0.2, 0) is 22.7 Å². The molecule has 1 atom stereocenters. The molecule has 2 aromatic rings. The zero-order chi connectivity index (χ0) is 19.5. The van der Waals surface area contributed by atoms with E-state index in [0.717, 1.165) is 22.0 Å². The molecule has 4 nitrogen and oxygen atoms in total. The maximum absolute atomic E-state index is 12.7. The number of nitrogens with one attached hydrogen (secondary N) is 1. The lowest BCUT2D eigenvalue weighted by molar-refractivity contribution is -0.137. The summed E-state index contributed by atoms with van der Waals surface area (Å²) in [6, 6.07) is 11.4. The molecule has 0 amide bonds. The van der Waals surface area contributed by atoms with E-state index in [1.54, 1.807) is 18.2 Å². The highest BCUT2D eigenvalue weighted by atomic mass is 32.2. The Morgan fingerprint density at radius 1 is 1.08 bits per heavy atom. The Kier molecular flexibility index (Phi) is 6.10. The van der Waals surface area contributed by atoms with Gasteiger partial charge in [-0.1, -0.05) is 30.3 Å². The highest BCUT2D eigenvalue weighted by Gasteiger charge is 2.30. The molecular formula is C18H21F3N2O2S. The van der Waals surface area contributed by atoms with Gasteiger partial charge in [0.1, 0.15) is 0 Å². The van der Waals surface area contributed by atoms with Gasteiger partial charge in [-0.3, -0.25) is 0 Å². The lowest BCUT2D eigenvalue weighted by Crippen LogP contribution is -2.22. The Hall–Kier alpha value is -1.90. The van der Waals surface area contributed by atoms with E-state index in [2.05, 4.69) is 5.32 Å². The molecule has 2 rings (SSSR count). The number of nitrogens with zero attached hydrogens (tertiary/aromatic N) is 1. The van der Waals surface area contributed by atoms with Crippen molar-refractivity contribution in [1.29, 1.82) is 0 Å². The molecule has 8 heteroatoms. The van der Waals surface area contributed by atoms with Crippen LogP contribution in [0.2, 0.25) is 0 Å². The van der Waals surface area contributed by atoms with Crippen molar-refractivity contribution < 1.29 is 21.6 Å². The first-order chi connectivity index (χ1) is 12.0. The van der Waals surface area contributed by atoms with Crippen LogP contribution in [0.25, 0.3) is 0 Å². The summed E-state index contributed by atoms with van der Waals surface area (Å²) >= 11 is 0. The molecule has 1 unspecified atom stereocenters. The zero-order valence-electron chi connectivity index (χ0n) is 14.7. The molecule has 0 aliphatic rings. The van der Waals surface area contributed by atoms with Gasteiger partial charge in [0.25, 0.3) is 0 Å². The third kappa shape index (κ3) is 4.84. The fourth-order valence-electron chi connectivity index (χ4n) is 2.39. The summed E-state index contributed by atoms with van der Waals surface area (Å²) in [5.41, 5.74) is 0.691. The Morgan fingerprint density at radius 2 is 1.69 bits per heavy atom. The topological polar surface area (TPSA) is 49.4 Å². The average molecular weight is 386 g/mol. The number of hydrogen-bond donors (Lipinski definition) is 1. The van der Waals surface area contributed by atoms with Crippen LogP contribution >= 0.6 is 0 Å². The predicted molar refractivity (Wildman–Crippen MR) is 94.0 cm³/mol. The summed E-state index contributed by atoms with van der Waals surface area (Å²) in [4.78, 5) is 0.191. The Bertz CT molecular complexity index is 847. The molecule has 0 spiro atoms. The highest BCUT2D eigenvalue weighted by Crippen LogP contribution is 2.29. The van der Waals surface area contributed by atoms with E-state index in [-0.39, 0.29) is 17.5 Å². The van der Waals surface area contributed by atoms with Gasteiger partial charge < -0.3 is 5.32 Å². The first-order valence-corrected chi connectivity index (χ1v) is 9.38. The second-order valence-electron chi connectivity index (χ2n) is 6.16. The third-order valence-corrected chi connectivity index (χ3v) is 5.85. The van der Waals surface area contributed by atoms with Crippen LogP contribution in [-0.4, -0.2) is 26.8 Å². The van der Waals surface area contributed by atoms with Gasteiger partial charge in [0.05, 0.1) is 10.5 Å². The summed E-state index contributed by atoms with van der Waals surface area (Å²) in [5.74, 6) is 0. The fraction of sp³-hybridized carbons (Fsp3) is 0.333. The number of hydrogen-bond acceptors (Lipinski definition) is 3. The molecular weight excluding hydrogens is 365 g/mol. The molecule has 0 aliphatic carbocycles. The lowest BCUT2D eigenvalue weighted by Gasteiger charge is -2.16. The van der Waals surface area contributed by atoms with Gasteiger partial charge in [-0.15, -0.1) is 0 Å². The van der Waals surface area contributed by atoms with Crippen molar-refractivity contribution in [2.75, 3.05) is 14.1 Å². The van der Waals surface area contributed by atoms with Gasteiger partial charge >= 0.3 is 6.18 Å². The highest BCUT2D eigenvalue weighted by molar-refractivity contribution is 7.89. The maximum Gasteiger partial charge on any atom is 0.416 e. The van der Waals surface area contributed by atoms with Crippen molar-refractivity contribution in [2.24, 2.45) is 0 Å². The van der Waals surface area contributed by atoms with E-state index in [9.17, 15) is 21.6 Å². The zero-order valence-corrected chi connectivity index (χ0v) is 15.5. The second kappa shape index (κ2) is 7.77. The van der Waals surface area contributed by atoms with Crippen LogP contribution in [0.5, 0.6) is 0 Å². The summed E-state index contributed by atoms with van der Waals surface area (Å²) in [6.07, 6.45) is -4.37. The van der Waals surface area contributed by atoms with Crippen molar-refractivity contribution in [3.8, 4) is 0 Å². The molecule has 2 aromatic carbocycles. The normalized spacial score (nSPS) is 13.8. The van der Waals surface area contributed by atoms with Gasteiger partial charge in [0.2, 0.25) is 10.0 Å². The van der Waals surface area contributed by atoms with Crippen LogP contribution in [0.4, 0.5) is 13.2 Å². The van der Waals surface area contributed by atoms with Crippen molar-refractivity contribution in [3.05, 3.63) is 65.2 Å². The number of benzene rings is 2. The fourth-order valence-corrected chi connectivity index (χ4v) is 3.29. The van der Waals surface area contributed by atoms with Gasteiger partial charge in [-0.05, 0) is 36.2 Å². The molecule has 0 aromatic heterocycles. The molecule has 1 N–H and O–H groups in total. The summed E-state index contributed by atoms with van der Waals surface area (Å²) in [6.45, 7) is 2.13. The predicted octanol–water partition coefficient (Wildman–Crippen LogP) is 3.81. The van der Waals surface area contributed by atoms with E-state index in [4.69, 9.17) is 0 Å². The van der Waals surface area contributed by atoms with Crippen molar-refractivity contribution in [1.82, 2.24) is 9.62 Å². The monoisotopic (exact) mass is 386 g/mol. The standard InChI is InChI=1S/C18H21F3N2O2S/c1-13(15-7-9-17(10-8-15)26(24,25)23(2)3)22-12-14-5-4-6-16(11-14)18(19,20)21/h4-11,13,22H,12H2,1-3H3. The molecule has 26 heavy (non-hydrogen) atoms. The van der Waals surface area contributed by atoms with E-state index in [1.807, 2.05) is 6.92 Å². The number of halogens is 3. The maximum atomic E-state index is 12.7. The van der Waals surface area contributed by atoms with E-state index < -0.39 is 21.8 Å². The molecule has 0 heterocycles. The largest absolute Gasteiger partial charge is 0.416 e. The molecule has 0 aliphatic heterocycles. The molecule has 0 radical (unpaired) electrons. The first kappa shape index (κ1) is 20.4. The van der Waals surface area contributed by atoms with Crippen LogP contribution in [0.15, 0.2) is 53.4 Å². The van der Waals surface area contributed by atoms with E-state index in [1.165, 1.54) is 32.3 Å². The number of rotatable bonds is 6. The molecule has 0 bridgehead atoms. The van der Waals surface area contributed by atoms with Crippen molar-refractivity contribution in [3.63, 3.8) is 0 Å². The lowest BCUT2D eigenvalue weighted by atomic mass is 10.1. The van der Waals surface area contributed by atoms with Gasteiger partial charge in [0, 0.05) is 26.7 Å². The first-order valence-electron chi connectivity index (χ1n) is 7.94. The van der Waals surface area contributed by atoms with Crippen LogP contribution in [0.3, 0.4) is 0 Å². The minimum absolute atomic E-state index is 0.152. The Morgan fingerprint density at radius 3 is 2.23 bits per heavy atom. The van der Waals surface area contributed by atoms with Crippen LogP contribution in [0.1, 0.15) is 29.7 Å². The van der Waals surface area contributed by atoms with Gasteiger partial charge in [0.15, 0.2) is 0 Å². The average Bonchev–Trinajstić information content (AvgIpc) is 2.59. The summed E-state index contributed by atoms with van der Waals surface area (Å²) in [5, 5.41) is 3.15. The Labute approximate surface area is 151 Å². The van der Waals surface area contributed by atoms with Gasteiger partial charge in [-0.25, -0.2) is 12.7 Å². The Balaban J connectivity index is 2.06. The minimum atomic E-state index is -4.37.